The van der Waals surface area contributed by atoms with E-state index < -0.39 is 31.1 Å². The summed E-state index contributed by atoms with van der Waals surface area (Å²) in [4.78, 5) is 34.7. The number of carboxylic acid groups (broad SMARTS) is 2. The molecule has 1 rings (SSSR count). The molecular formula is C15H19IN2O5. The average molecular weight is 434 g/mol. The third-order valence-electron chi connectivity index (χ3n) is 3.25. The molecule has 23 heavy (non-hydrogen) atoms. The van der Waals surface area contributed by atoms with Crippen molar-refractivity contribution >= 4 is 46.2 Å². The highest BCUT2D eigenvalue weighted by Gasteiger charge is 2.21. The van der Waals surface area contributed by atoms with Gasteiger partial charge in [0.05, 0.1) is 0 Å². The van der Waals surface area contributed by atoms with Crippen LogP contribution in [0.1, 0.15) is 25.0 Å². The molecule has 8 heteroatoms. The van der Waals surface area contributed by atoms with E-state index in [1.54, 1.807) is 0 Å². The molecule has 0 aliphatic carbocycles. The van der Waals surface area contributed by atoms with Crippen LogP contribution in [0.3, 0.4) is 0 Å². The lowest BCUT2D eigenvalue weighted by molar-refractivity contribution is -0.140. The van der Waals surface area contributed by atoms with E-state index in [0.29, 0.717) is 18.5 Å². The van der Waals surface area contributed by atoms with Crippen LogP contribution in [0.2, 0.25) is 0 Å². The first-order chi connectivity index (χ1) is 10.8. The average Bonchev–Trinajstić information content (AvgIpc) is 2.46. The van der Waals surface area contributed by atoms with Crippen molar-refractivity contribution in [1.82, 2.24) is 4.90 Å². The first-order valence-electron chi connectivity index (χ1n) is 7.09. The molecule has 0 aliphatic rings. The van der Waals surface area contributed by atoms with Gasteiger partial charge in [0.2, 0.25) is 0 Å². The summed E-state index contributed by atoms with van der Waals surface area (Å²) in [6.45, 7) is 2.55. The molecule has 1 aromatic carbocycles. The molecule has 126 valence electrons. The predicted octanol–water partition coefficient (Wildman–Crippen LogP) is 2.42. The normalized spacial score (nSPS) is 10.2. The van der Waals surface area contributed by atoms with Crippen LogP contribution in [-0.4, -0.2) is 46.2 Å². The quantitative estimate of drug-likeness (QED) is 0.572. The van der Waals surface area contributed by atoms with E-state index in [9.17, 15) is 14.4 Å². The summed E-state index contributed by atoms with van der Waals surface area (Å²) < 4.78 is 0.987. The largest absolute Gasteiger partial charge is 0.480 e. The van der Waals surface area contributed by atoms with Gasteiger partial charge in [-0.05, 0) is 52.6 Å². The number of benzene rings is 1. The highest BCUT2D eigenvalue weighted by atomic mass is 127. The van der Waals surface area contributed by atoms with E-state index in [1.165, 1.54) is 0 Å². The Balaban J connectivity index is 3.12. The first-order valence-corrected chi connectivity index (χ1v) is 8.17. The number of hydrogen-bond acceptors (Lipinski definition) is 3. The number of urea groups is 1. The third kappa shape index (κ3) is 5.38. The summed E-state index contributed by atoms with van der Waals surface area (Å²) in [6, 6.07) is 3.12. The zero-order valence-corrected chi connectivity index (χ0v) is 15.1. The molecule has 2 amide bonds. The van der Waals surface area contributed by atoms with Crippen molar-refractivity contribution in [2.45, 2.75) is 26.7 Å². The summed E-state index contributed by atoms with van der Waals surface area (Å²) in [5, 5.41) is 20.4. The van der Waals surface area contributed by atoms with Gasteiger partial charge in [-0.25, -0.2) is 4.79 Å². The standard InChI is InChI=1S/C15H19IN2O5/c1-3-9-5-6-11(16)10(4-2)14(9)17-15(23)18(7-12(19)20)8-13(21)22/h5-6H,3-4,7-8H2,1-2H3,(H,17,23)(H,19,20)(H,21,22). The number of halogens is 1. The lowest BCUT2D eigenvalue weighted by Gasteiger charge is -2.22. The van der Waals surface area contributed by atoms with Crippen LogP contribution in [-0.2, 0) is 22.4 Å². The molecule has 0 aliphatic heterocycles. The Hall–Kier alpha value is -1.84. The molecule has 0 radical (unpaired) electrons. The number of rotatable bonds is 7. The maximum atomic E-state index is 12.3. The molecule has 0 saturated heterocycles. The van der Waals surface area contributed by atoms with Crippen molar-refractivity contribution in [2.75, 3.05) is 18.4 Å². The summed E-state index contributed by atoms with van der Waals surface area (Å²) in [5.74, 6) is -2.54. The van der Waals surface area contributed by atoms with Crippen molar-refractivity contribution in [3.63, 3.8) is 0 Å². The molecule has 0 aromatic heterocycles. The van der Waals surface area contributed by atoms with E-state index in [-0.39, 0.29) is 0 Å². The number of nitrogens with zero attached hydrogens (tertiary/aromatic N) is 1. The zero-order chi connectivity index (χ0) is 17.6. The molecular weight excluding hydrogens is 415 g/mol. The van der Waals surface area contributed by atoms with Crippen molar-refractivity contribution in [3.05, 3.63) is 26.8 Å². The van der Waals surface area contributed by atoms with E-state index >= 15 is 0 Å². The Kier molecular flexibility index (Phi) is 7.27. The molecule has 0 unspecified atom stereocenters. The minimum absolute atomic E-state index is 0.632. The molecule has 1 aromatic rings. The van der Waals surface area contributed by atoms with Crippen LogP contribution in [0.5, 0.6) is 0 Å². The number of aryl methyl sites for hydroxylation is 1. The van der Waals surface area contributed by atoms with Crippen LogP contribution in [0.15, 0.2) is 12.1 Å². The van der Waals surface area contributed by atoms with E-state index in [2.05, 4.69) is 27.9 Å². The summed E-state index contributed by atoms with van der Waals surface area (Å²) in [7, 11) is 0. The van der Waals surface area contributed by atoms with Gasteiger partial charge in [-0.15, -0.1) is 0 Å². The minimum Gasteiger partial charge on any atom is -0.480 e. The van der Waals surface area contributed by atoms with Crippen molar-refractivity contribution in [1.29, 1.82) is 0 Å². The number of nitrogens with one attached hydrogen (secondary N) is 1. The molecule has 0 heterocycles. The second-order valence-corrected chi connectivity index (χ2v) is 6.00. The fourth-order valence-electron chi connectivity index (χ4n) is 2.18. The van der Waals surface area contributed by atoms with Gasteiger partial charge >= 0.3 is 18.0 Å². The number of carboxylic acids is 2. The topological polar surface area (TPSA) is 107 Å². The van der Waals surface area contributed by atoms with E-state index in [0.717, 1.165) is 19.6 Å². The number of hydrogen-bond donors (Lipinski definition) is 3. The Morgan fingerprint density at radius 2 is 1.65 bits per heavy atom. The second kappa shape index (κ2) is 8.70. The van der Waals surface area contributed by atoms with Gasteiger partial charge in [0.15, 0.2) is 0 Å². The molecule has 0 bridgehead atoms. The van der Waals surface area contributed by atoms with Gasteiger partial charge < -0.3 is 20.4 Å². The summed E-state index contributed by atoms with van der Waals surface area (Å²) >= 11 is 2.17. The smallest absolute Gasteiger partial charge is 0.323 e. The number of amides is 2. The van der Waals surface area contributed by atoms with Crippen molar-refractivity contribution in [3.8, 4) is 0 Å². The molecule has 0 spiro atoms. The van der Waals surface area contributed by atoms with Crippen molar-refractivity contribution < 1.29 is 24.6 Å². The Bertz CT molecular complexity index is 602. The third-order valence-corrected chi connectivity index (χ3v) is 4.26. The van der Waals surface area contributed by atoms with Gasteiger partial charge in [0.1, 0.15) is 13.1 Å². The van der Waals surface area contributed by atoms with Crippen LogP contribution in [0, 0.1) is 3.57 Å². The van der Waals surface area contributed by atoms with Gasteiger partial charge in [-0.2, -0.15) is 0 Å². The highest BCUT2D eigenvalue weighted by Crippen LogP contribution is 2.27. The van der Waals surface area contributed by atoms with E-state index in [1.807, 2.05) is 26.0 Å². The maximum absolute atomic E-state index is 12.3. The zero-order valence-electron chi connectivity index (χ0n) is 12.9. The Labute approximate surface area is 147 Å². The first kappa shape index (κ1) is 19.2. The van der Waals surface area contributed by atoms with Crippen LogP contribution >= 0.6 is 22.6 Å². The van der Waals surface area contributed by atoms with Crippen molar-refractivity contribution in [2.24, 2.45) is 0 Å². The minimum atomic E-state index is -1.27. The number of carbonyl (C=O) groups is 3. The van der Waals surface area contributed by atoms with Gasteiger partial charge in [0, 0.05) is 9.26 Å². The predicted molar refractivity (Wildman–Crippen MR) is 93.8 cm³/mol. The lowest BCUT2D eigenvalue weighted by atomic mass is 10.0. The summed E-state index contributed by atoms with van der Waals surface area (Å²) in [5.41, 5.74) is 2.50. The van der Waals surface area contributed by atoms with Crippen LogP contribution < -0.4 is 5.32 Å². The monoisotopic (exact) mass is 434 g/mol. The summed E-state index contributed by atoms with van der Waals surface area (Å²) in [6.07, 6.45) is 1.39. The lowest BCUT2D eigenvalue weighted by Crippen LogP contribution is -2.42. The second-order valence-electron chi connectivity index (χ2n) is 4.84. The molecule has 3 N–H and O–H groups in total. The number of aliphatic carboxylic acids is 2. The highest BCUT2D eigenvalue weighted by molar-refractivity contribution is 14.1. The SMILES string of the molecule is CCc1ccc(I)c(CC)c1NC(=O)N(CC(=O)O)CC(=O)O. The Morgan fingerprint density at radius 1 is 1.09 bits per heavy atom. The fourth-order valence-corrected chi connectivity index (χ4v) is 3.01. The van der Waals surface area contributed by atoms with Gasteiger partial charge in [0.25, 0.3) is 0 Å². The van der Waals surface area contributed by atoms with Gasteiger partial charge in [-0.1, -0.05) is 19.9 Å². The molecule has 0 atom stereocenters. The molecule has 0 saturated carbocycles. The van der Waals surface area contributed by atoms with Crippen LogP contribution in [0.25, 0.3) is 0 Å². The Morgan fingerprint density at radius 3 is 2.09 bits per heavy atom. The number of carbonyl (C=O) groups excluding carboxylic acids is 1. The van der Waals surface area contributed by atoms with E-state index in [4.69, 9.17) is 10.2 Å². The molecule has 0 fully saturated rings. The maximum Gasteiger partial charge on any atom is 0.323 e. The van der Waals surface area contributed by atoms with Crippen LogP contribution in [0.4, 0.5) is 10.5 Å². The molecule has 7 nitrogen and oxygen atoms in total. The number of anilines is 1. The fraction of sp³-hybridized carbons (Fsp3) is 0.400. The van der Waals surface area contributed by atoms with Gasteiger partial charge in [-0.3, -0.25) is 9.59 Å².